The van der Waals surface area contributed by atoms with E-state index in [9.17, 15) is 4.79 Å². The predicted octanol–water partition coefficient (Wildman–Crippen LogP) is 1.11. The van der Waals surface area contributed by atoms with Crippen molar-refractivity contribution in [3.05, 3.63) is 0 Å². The number of carbonyl (C=O) groups is 1. The van der Waals surface area contributed by atoms with Crippen LogP contribution in [0, 0.1) is 0 Å². The second-order valence-electron chi connectivity index (χ2n) is 3.34. The van der Waals surface area contributed by atoms with Crippen molar-refractivity contribution in [3.8, 4) is 0 Å². The predicted molar refractivity (Wildman–Crippen MR) is 49.0 cm³/mol. The van der Waals surface area contributed by atoms with Gasteiger partial charge in [-0.1, -0.05) is 13.3 Å². The normalized spacial score (nSPS) is 11.7. The number of nitrogens with two attached hydrogens (primary N) is 1. The van der Waals surface area contributed by atoms with Gasteiger partial charge in [0.05, 0.1) is 6.54 Å². The lowest BCUT2D eigenvalue weighted by Crippen LogP contribution is -2.39. The fraction of sp³-hybridized carbons (Fsp3) is 0.889. The Labute approximate surface area is 74.3 Å². The summed E-state index contributed by atoms with van der Waals surface area (Å²) in [5, 5.41) is 0. The van der Waals surface area contributed by atoms with Gasteiger partial charge in [0, 0.05) is 6.61 Å². The summed E-state index contributed by atoms with van der Waals surface area (Å²) < 4.78 is 5.39. The second kappa shape index (κ2) is 5.27. The zero-order valence-corrected chi connectivity index (χ0v) is 8.22. The molecule has 0 atom stereocenters. The monoisotopic (exact) mass is 173 g/mol. The SMILES string of the molecule is CCCCOC(C)(C)C(=O)CN. The summed E-state index contributed by atoms with van der Waals surface area (Å²) in [7, 11) is 0. The summed E-state index contributed by atoms with van der Waals surface area (Å²) in [5.41, 5.74) is 4.53. The minimum atomic E-state index is -0.704. The first-order chi connectivity index (χ1) is 5.54. The highest BCUT2D eigenvalue weighted by Gasteiger charge is 2.26. The molecule has 0 bridgehead atoms. The molecule has 0 aliphatic carbocycles. The van der Waals surface area contributed by atoms with Gasteiger partial charge in [0.1, 0.15) is 5.60 Å². The van der Waals surface area contributed by atoms with E-state index in [1.165, 1.54) is 0 Å². The average molecular weight is 173 g/mol. The summed E-state index contributed by atoms with van der Waals surface area (Å²) in [5.74, 6) is -0.0430. The Morgan fingerprint density at radius 1 is 1.50 bits per heavy atom. The van der Waals surface area contributed by atoms with Gasteiger partial charge >= 0.3 is 0 Å². The van der Waals surface area contributed by atoms with E-state index in [2.05, 4.69) is 6.92 Å². The summed E-state index contributed by atoms with van der Waals surface area (Å²) >= 11 is 0. The highest BCUT2D eigenvalue weighted by Crippen LogP contribution is 2.10. The largest absolute Gasteiger partial charge is 0.368 e. The van der Waals surface area contributed by atoms with Crippen LogP contribution in [0.25, 0.3) is 0 Å². The number of ether oxygens (including phenoxy) is 1. The Morgan fingerprint density at radius 2 is 2.08 bits per heavy atom. The summed E-state index contributed by atoms with van der Waals surface area (Å²) in [6, 6.07) is 0. The molecule has 0 heterocycles. The number of hydrogen-bond acceptors (Lipinski definition) is 3. The number of ketones is 1. The molecule has 2 N–H and O–H groups in total. The molecule has 0 aliphatic heterocycles. The van der Waals surface area contributed by atoms with Gasteiger partial charge in [-0.05, 0) is 20.3 Å². The van der Waals surface area contributed by atoms with Crippen LogP contribution in [0.1, 0.15) is 33.6 Å². The molecular formula is C9H19NO2. The van der Waals surface area contributed by atoms with Crippen LogP contribution in [0.2, 0.25) is 0 Å². The Kier molecular flexibility index (Phi) is 5.09. The van der Waals surface area contributed by atoms with Gasteiger partial charge in [-0.2, -0.15) is 0 Å². The van der Waals surface area contributed by atoms with Crippen molar-refractivity contribution in [1.82, 2.24) is 0 Å². The number of rotatable bonds is 6. The fourth-order valence-electron chi connectivity index (χ4n) is 0.798. The minimum Gasteiger partial charge on any atom is -0.368 e. The molecule has 12 heavy (non-hydrogen) atoms. The smallest absolute Gasteiger partial charge is 0.177 e. The third-order valence-corrected chi connectivity index (χ3v) is 1.82. The first-order valence-corrected chi connectivity index (χ1v) is 4.42. The van der Waals surface area contributed by atoms with Gasteiger partial charge < -0.3 is 10.5 Å². The molecule has 0 saturated heterocycles. The Hall–Kier alpha value is -0.410. The van der Waals surface area contributed by atoms with Crippen LogP contribution < -0.4 is 5.73 Å². The maximum Gasteiger partial charge on any atom is 0.177 e. The van der Waals surface area contributed by atoms with Crippen LogP contribution in [-0.4, -0.2) is 24.5 Å². The van der Waals surface area contributed by atoms with E-state index < -0.39 is 5.60 Å². The maximum atomic E-state index is 11.2. The van der Waals surface area contributed by atoms with Crippen LogP contribution in [0.3, 0.4) is 0 Å². The van der Waals surface area contributed by atoms with Crippen molar-refractivity contribution >= 4 is 5.78 Å². The van der Waals surface area contributed by atoms with Crippen molar-refractivity contribution < 1.29 is 9.53 Å². The van der Waals surface area contributed by atoms with Crippen molar-refractivity contribution in [3.63, 3.8) is 0 Å². The molecule has 0 aliphatic rings. The fourth-order valence-corrected chi connectivity index (χ4v) is 0.798. The first kappa shape index (κ1) is 11.6. The zero-order chi connectivity index (χ0) is 9.61. The van der Waals surface area contributed by atoms with Gasteiger partial charge in [-0.3, -0.25) is 4.79 Å². The molecule has 0 rings (SSSR count). The molecule has 0 fully saturated rings. The quantitative estimate of drug-likeness (QED) is 0.612. The lowest BCUT2D eigenvalue weighted by atomic mass is 10.0. The molecular weight excluding hydrogens is 154 g/mol. The van der Waals surface area contributed by atoms with E-state index in [1.54, 1.807) is 13.8 Å². The third kappa shape index (κ3) is 3.83. The summed E-state index contributed by atoms with van der Waals surface area (Å²) in [4.78, 5) is 11.2. The molecule has 0 saturated carbocycles. The molecule has 0 unspecified atom stereocenters. The van der Waals surface area contributed by atoms with Gasteiger partial charge in [-0.25, -0.2) is 0 Å². The Morgan fingerprint density at radius 3 is 2.50 bits per heavy atom. The third-order valence-electron chi connectivity index (χ3n) is 1.82. The van der Waals surface area contributed by atoms with Crippen LogP contribution >= 0.6 is 0 Å². The highest BCUT2D eigenvalue weighted by molar-refractivity contribution is 5.88. The van der Waals surface area contributed by atoms with E-state index in [-0.39, 0.29) is 12.3 Å². The second-order valence-corrected chi connectivity index (χ2v) is 3.34. The van der Waals surface area contributed by atoms with Crippen LogP contribution in [0.4, 0.5) is 0 Å². The lowest BCUT2D eigenvalue weighted by molar-refractivity contribution is -0.138. The molecule has 3 heteroatoms. The van der Waals surface area contributed by atoms with Gasteiger partial charge in [0.2, 0.25) is 0 Å². The van der Waals surface area contributed by atoms with Crippen LogP contribution in [0.15, 0.2) is 0 Å². The summed E-state index contributed by atoms with van der Waals surface area (Å²) in [6.45, 7) is 6.30. The van der Waals surface area contributed by atoms with Gasteiger partial charge in [0.15, 0.2) is 5.78 Å². The van der Waals surface area contributed by atoms with E-state index in [0.717, 1.165) is 12.8 Å². The molecule has 0 spiro atoms. The molecule has 0 radical (unpaired) electrons. The van der Waals surface area contributed by atoms with E-state index in [4.69, 9.17) is 10.5 Å². The molecule has 72 valence electrons. The Balaban J connectivity index is 3.78. The Bertz CT molecular complexity index is 143. The topological polar surface area (TPSA) is 52.3 Å². The van der Waals surface area contributed by atoms with E-state index in [1.807, 2.05) is 0 Å². The molecule has 0 amide bonds. The van der Waals surface area contributed by atoms with Crippen molar-refractivity contribution in [2.75, 3.05) is 13.2 Å². The minimum absolute atomic E-state index is 0.0430. The number of hydrogen-bond donors (Lipinski definition) is 1. The zero-order valence-electron chi connectivity index (χ0n) is 8.22. The average Bonchev–Trinajstić information content (AvgIpc) is 2.03. The van der Waals surface area contributed by atoms with Crippen LogP contribution in [-0.2, 0) is 9.53 Å². The molecule has 3 nitrogen and oxygen atoms in total. The van der Waals surface area contributed by atoms with Crippen molar-refractivity contribution in [1.29, 1.82) is 0 Å². The van der Waals surface area contributed by atoms with E-state index in [0.29, 0.717) is 6.61 Å². The van der Waals surface area contributed by atoms with Gasteiger partial charge in [0.25, 0.3) is 0 Å². The van der Waals surface area contributed by atoms with E-state index >= 15 is 0 Å². The highest BCUT2D eigenvalue weighted by atomic mass is 16.5. The molecule has 0 aromatic carbocycles. The van der Waals surface area contributed by atoms with Crippen LogP contribution in [0.5, 0.6) is 0 Å². The summed E-state index contributed by atoms with van der Waals surface area (Å²) in [6.07, 6.45) is 2.06. The maximum absolute atomic E-state index is 11.2. The van der Waals surface area contributed by atoms with Crippen molar-refractivity contribution in [2.24, 2.45) is 5.73 Å². The van der Waals surface area contributed by atoms with Crippen molar-refractivity contribution in [2.45, 2.75) is 39.2 Å². The molecule has 0 aromatic heterocycles. The standard InChI is InChI=1S/C9H19NO2/c1-4-5-6-12-9(2,3)8(11)7-10/h4-7,10H2,1-3H3. The lowest BCUT2D eigenvalue weighted by Gasteiger charge is -2.22. The number of unbranched alkanes of at least 4 members (excludes halogenated alkanes) is 1. The number of Topliss-reactive ketones (excluding diaryl/α,β-unsaturated/α-hetero) is 1. The number of carbonyl (C=O) groups excluding carboxylic acids is 1. The first-order valence-electron chi connectivity index (χ1n) is 4.42. The molecule has 0 aromatic rings. The van der Waals surface area contributed by atoms with Gasteiger partial charge in [-0.15, -0.1) is 0 Å².